The van der Waals surface area contributed by atoms with Crippen molar-refractivity contribution in [1.29, 1.82) is 0 Å². The van der Waals surface area contributed by atoms with Gasteiger partial charge in [0.05, 0.1) is 0 Å². The van der Waals surface area contributed by atoms with Crippen molar-refractivity contribution in [3.63, 3.8) is 0 Å². The summed E-state index contributed by atoms with van der Waals surface area (Å²) in [7, 11) is 0. The highest BCUT2D eigenvalue weighted by molar-refractivity contribution is 5.97. The third-order valence-corrected chi connectivity index (χ3v) is 3.87. The lowest BCUT2D eigenvalue weighted by atomic mass is 10.1. The molecule has 110 valence electrons. The van der Waals surface area contributed by atoms with E-state index in [1.807, 2.05) is 18.2 Å². The van der Waals surface area contributed by atoms with Gasteiger partial charge < -0.3 is 10.9 Å². The average Bonchev–Trinajstić information content (AvgIpc) is 2.47. The first-order chi connectivity index (χ1) is 9.60. The molecule has 5 heteroatoms. The number of benzene rings is 1. The Morgan fingerprint density at radius 3 is 2.60 bits per heavy atom. The van der Waals surface area contributed by atoms with E-state index in [0.717, 1.165) is 38.3 Å². The largest absolute Gasteiger partial charge is 0.409 e. The summed E-state index contributed by atoms with van der Waals surface area (Å²) in [5.74, 6) is 0.163. The second-order valence-corrected chi connectivity index (χ2v) is 5.59. The van der Waals surface area contributed by atoms with E-state index in [1.165, 1.54) is 5.56 Å². The molecule has 0 unspecified atom stereocenters. The maximum absolute atomic E-state index is 8.73. The van der Waals surface area contributed by atoms with E-state index in [9.17, 15) is 0 Å². The maximum atomic E-state index is 8.73. The predicted octanol–water partition coefficient (Wildman–Crippen LogP) is 1.31. The molecule has 1 aliphatic rings. The average molecular weight is 276 g/mol. The monoisotopic (exact) mass is 276 g/mol. The number of hydrogen-bond acceptors (Lipinski definition) is 4. The molecule has 0 atom stereocenters. The lowest BCUT2D eigenvalue weighted by molar-refractivity contribution is 0.104. The first-order valence-electron chi connectivity index (χ1n) is 7.13. The van der Waals surface area contributed by atoms with Gasteiger partial charge >= 0.3 is 0 Å². The van der Waals surface area contributed by atoms with Crippen LogP contribution >= 0.6 is 0 Å². The second-order valence-electron chi connectivity index (χ2n) is 5.59. The van der Waals surface area contributed by atoms with Gasteiger partial charge in [0, 0.05) is 44.3 Å². The van der Waals surface area contributed by atoms with E-state index in [0.29, 0.717) is 6.04 Å². The molecule has 1 aliphatic heterocycles. The summed E-state index contributed by atoms with van der Waals surface area (Å²) in [6.45, 7) is 9.83. The lowest BCUT2D eigenvalue weighted by Crippen LogP contribution is -2.48. The van der Waals surface area contributed by atoms with Crippen LogP contribution in [0, 0.1) is 0 Å². The van der Waals surface area contributed by atoms with Crippen LogP contribution in [0.4, 0.5) is 0 Å². The van der Waals surface area contributed by atoms with Crippen molar-refractivity contribution in [3.8, 4) is 0 Å². The second kappa shape index (κ2) is 6.72. The van der Waals surface area contributed by atoms with Gasteiger partial charge in [-0.3, -0.25) is 9.80 Å². The van der Waals surface area contributed by atoms with Crippen molar-refractivity contribution < 1.29 is 5.21 Å². The fourth-order valence-electron chi connectivity index (χ4n) is 2.58. The zero-order valence-electron chi connectivity index (χ0n) is 12.3. The number of piperazine rings is 1. The fraction of sp³-hybridized carbons (Fsp3) is 0.533. The number of hydrogen-bond donors (Lipinski definition) is 2. The molecule has 0 spiro atoms. The van der Waals surface area contributed by atoms with Crippen molar-refractivity contribution in [2.24, 2.45) is 10.9 Å². The molecule has 1 aromatic carbocycles. The van der Waals surface area contributed by atoms with Crippen LogP contribution in [0.1, 0.15) is 25.0 Å². The normalized spacial score (nSPS) is 18.6. The van der Waals surface area contributed by atoms with Crippen LogP contribution in [0.2, 0.25) is 0 Å². The summed E-state index contributed by atoms with van der Waals surface area (Å²) < 4.78 is 0. The Morgan fingerprint density at radius 1 is 1.30 bits per heavy atom. The fourth-order valence-corrected chi connectivity index (χ4v) is 2.58. The van der Waals surface area contributed by atoms with Gasteiger partial charge in [0.15, 0.2) is 5.84 Å². The third-order valence-electron chi connectivity index (χ3n) is 3.87. The Labute approximate surface area is 120 Å². The number of amidine groups is 1. The summed E-state index contributed by atoms with van der Waals surface area (Å²) in [6, 6.07) is 8.51. The molecule has 0 aromatic heterocycles. The van der Waals surface area contributed by atoms with Crippen molar-refractivity contribution in [1.82, 2.24) is 9.80 Å². The number of nitrogens with two attached hydrogens (primary N) is 1. The number of nitrogens with zero attached hydrogens (tertiary/aromatic N) is 3. The molecular weight excluding hydrogens is 252 g/mol. The van der Waals surface area contributed by atoms with E-state index in [1.54, 1.807) is 0 Å². The number of rotatable bonds is 4. The Kier molecular flexibility index (Phi) is 4.98. The van der Waals surface area contributed by atoms with Gasteiger partial charge in [-0.2, -0.15) is 0 Å². The molecule has 3 N–H and O–H groups in total. The smallest absolute Gasteiger partial charge is 0.170 e. The van der Waals surface area contributed by atoms with Gasteiger partial charge in [-0.1, -0.05) is 23.4 Å². The molecule has 2 rings (SSSR count). The minimum absolute atomic E-state index is 0.163. The first-order valence-corrected chi connectivity index (χ1v) is 7.13. The van der Waals surface area contributed by atoms with Crippen LogP contribution in [-0.4, -0.2) is 53.1 Å². The minimum Gasteiger partial charge on any atom is -0.409 e. The van der Waals surface area contributed by atoms with Crippen molar-refractivity contribution in [2.45, 2.75) is 26.4 Å². The topological polar surface area (TPSA) is 65.1 Å². The Bertz CT molecular complexity index is 465. The molecule has 0 aliphatic carbocycles. The van der Waals surface area contributed by atoms with E-state index in [4.69, 9.17) is 10.9 Å². The summed E-state index contributed by atoms with van der Waals surface area (Å²) >= 11 is 0. The van der Waals surface area contributed by atoms with Gasteiger partial charge in [-0.05, 0) is 25.5 Å². The molecule has 0 saturated carbocycles. The van der Waals surface area contributed by atoms with Crippen molar-refractivity contribution in [2.75, 3.05) is 26.2 Å². The van der Waals surface area contributed by atoms with Gasteiger partial charge in [0.25, 0.3) is 0 Å². The highest BCUT2D eigenvalue weighted by Crippen LogP contribution is 2.12. The zero-order chi connectivity index (χ0) is 14.5. The van der Waals surface area contributed by atoms with Gasteiger partial charge in [-0.15, -0.1) is 0 Å². The van der Waals surface area contributed by atoms with Gasteiger partial charge in [-0.25, -0.2) is 0 Å². The predicted molar refractivity (Wildman–Crippen MR) is 80.9 cm³/mol. The molecule has 0 radical (unpaired) electrons. The van der Waals surface area contributed by atoms with Crippen LogP contribution in [0.5, 0.6) is 0 Å². The van der Waals surface area contributed by atoms with Gasteiger partial charge in [0.1, 0.15) is 0 Å². The Morgan fingerprint density at radius 2 is 2.00 bits per heavy atom. The van der Waals surface area contributed by atoms with Crippen LogP contribution in [-0.2, 0) is 6.54 Å². The third kappa shape index (κ3) is 3.71. The molecule has 1 saturated heterocycles. The highest BCUT2D eigenvalue weighted by atomic mass is 16.4. The van der Waals surface area contributed by atoms with E-state index in [2.05, 4.69) is 34.9 Å². The Hall–Kier alpha value is -1.59. The number of oxime groups is 1. The first kappa shape index (κ1) is 14.8. The highest BCUT2D eigenvalue weighted by Gasteiger charge is 2.18. The molecule has 1 aromatic rings. The molecule has 1 heterocycles. The van der Waals surface area contributed by atoms with Crippen LogP contribution < -0.4 is 5.73 Å². The molecular formula is C15H24N4O. The standard InChI is InChI=1S/C15H24N4O/c1-12(2)19-8-6-18(7-9-19)11-13-4-3-5-14(10-13)15(16)17-20/h3-5,10,12,20H,6-9,11H2,1-2H3,(H2,16,17). The Balaban J connectivity index is 1.94. The molecule has 20 heavy (non-hydrogen) atoms. The van der Waals surface area contributed by atoms with Crippen LogP contribution in [0.25, 0.3) is 0 Å². The summed E-state index contributed by atoms with van der Waals surface area (Å²) in [6.07, 6.45) is 0. The summed E-state index contributed by atoms with van der Waals surface area (Å²) in [5.41, 5.74) is 7.60. The lowest BCUT2D eigenvalue weighted by Gasteiger charge is -2.37. The van der Waals surface area contributed by atoms with Crippen LogP contribution in [0.3, 0.4) is 0 Å². The minimum atomic E-state index is 0.163. The molecule has 0 bridgehead atoms. The molecule has 1 fully saturated rings. The maximum Gasteiger partial charge on any atom is 0.170 e. The zero-order valence-corrected chi connectivity index (χ0v) is 12.3. The van der Waals surface area contributed by atoms with E-state index in [-0.39, 0.29) is 5.84 Å². The van der Waals surface area contributed by atoms with E-state index >= 15 is 0 Å². The summed E-state index contributed by atoms with van der Waals surface area (Å²) in [4.78, 5) is 4.95. The summed E-state index contributed by atoms with van der Waals surface area (Å²) in [5, 5.41) is 11.8. The van der Waals surface area contributed by atoms with Crippen molar-refractivity contribution >= 4 is 5.84 Å². The quantitative estimate of drug-likeness (QED) is 0.377. The van der Waals surface area contributed by atoms with Gasteiger partial charge in [0.2, 0.25) is 0 Å². The van der Waals surface area contributed by atoms with Crippen molar-refractivity contribution in [3.05, 3.63) is 35.4 Å². The molecule has 0 amide bonds. The van der Waals surface area contributed by atoms with E-state index < -0.39 is 0 Å². The molecule has 5 nitrogen and oxygen atoms in total. The van der Waals surface area contributed by atoms with Crippen LogP contribution in [0.15, 0.2) is 29.4 Å². The SMILES string of the molecule is CC(C)N1CCN(Cc2cccc(/C(N)=N/O)c2)CC1.